The minimum atomic E-state index is -0.151. The van der Waals surface area contributed by atoms with Crippen molar-refractivity contribution >= 4 is 35.1 Å². The number of rotatable bonds is 2. The molecule has 0 unspecified atom stereocenters. The summed E-state index contributed by atoms with van der Waals surface area (Å²) < 4.78 is 0. The van der Waals surface area contributed by atoms with Crippen molar-refractivity contribution in [3.8, 4) is 0 Å². The summed E-state index contributed by atoms with van der Waals surface area (Å²) in [7, 11) is 0. The van der Waals surface area contributed by atoms with Gasteiger partial charge in [-0.15, -0.1) is 12.6 Å². The molecule has 1 amide bonds. The maximum absolute atomic E-state index is 12.3. The van der Waals surface area contributed by atoms with E-state index in [4.69, 9.17) is 0 Å². The molecule has 0 fully saturated rings. The Balaban J connectivity index is 1.97. The number of hydrogen-bond acceptors (Lipinski definition) is 2. The number of carbonyl (C=O) groups is 1. The van der Waals surface area contributed by atoms with E-state index in [0.29, 0.717) is 10.5 Å². The van der Waals surface area contributed by atoms with E-state index >= 15 is 0 Å². The Labute approximate surface area is 122 Å². The lowest BCUT2D eigenvalue weighted by molar-refractivity contribution is 0.102. The summed E-state index contributed by atoms with van der Waals surface area (Å²) in [4.78, 5) is 16.2. The molecule has 0 spiro atoms. The first-order chi connectivity index (χ1) is 9.65. The molecule has 1 aromatic heterocycles. The fourth-order valence-electron chi connectivity index (χ4n) is 2.26. The molecule has 20 heavy (non-hydrogen) atoms. The first-order valence-electron chi connectivity index (χ1n) is 6.33. The van der Waals surface area contributed by atoms with Crippen LogP contribution in [0.5, 0.6) is 0 Å². The van der Waals surface area contributed by atoms with Crippen molar-refractivity contribution in [2.45, 2.75) is 11.8 Å². The molecular formula is C16H14N2OS. The lowest BCUT2D eigenvalue weighted by Crippen LogP contribution is -2.12. The molecule has 0 saturated heterocycles. The van der Waals surface area contributed by atoms with Gasteiger partial charge in [0.1, 0.15) is 0 Å². The highest BCUT2D eigenvalue weighted by molar-refractivity contribution is 7.80. The van der Waals surface area contributed by atoms with E-state index in [2.05, 4.69) is 22.9 Å². The van der Waals surface area contributed by atoms with Gasteiger partial charge in [0.25, 0.3) is 5.91 Å². The Morgan fingerprint density at radius 3 is 2.75 bits per heavy atom. The normalized spacial score (nSPS) is 10.7. The van der Waals surface area contributed by atoms with Crippen LogP contribution in [0.1, 0.15) is 16.1 Å². The second-order valence-corrected chi connectivity index (χ2v) is 5.17. The topological polar surface area (TPSA) is 44.9 Å². The number of H-pyrrole nitrogens is 1. The van der Waals surface area contributed by atoms with Gasteiger partial charge in [0.2, 0.25) is 0 Å². The van der Waals surface area contributed by atoms with Crippen molar-refractivity contribution < 1.29 is 4.79 Å². The molecule has 100 valence electrons. The van der Waals surface area contributed by atoms with Crippen LogP contribution in [0.2, 0.25) is 0 Å². The van der Waals surface area contributed by atoms with Gasteiger partial charge in [0.05, 0.1) is 11.3 Å². The van der Waals surface area contributed by atoms with Crippen molar-refractivity contribution in [3.63, 3.8) is 0 Å². The van der Waals surface area contributed by atoms with Crippen molar-refractivity contribution in [2.24, 2.45) is 0 Å². The monoisotopic (exact) mass is 282 g/mol. The highest BCUT2D eigenvalue weighted by Crippen LogP contribution is 2.25. The Hall–Kier alpha value is -2.20. The van der Waals surface area contributed by atoms with Crippen LogP contribution >= 0.6 is 12.6 Å². The summed E-state index contributed by atoms with van der Waals surface area (Å²) in [5.41, 5.74) is 3.45. The Kier molecular flexibility index (Phi) is 3.24. The molecule has 0 saturated carbocycles. The van der Waals surface area contributed by atoms with Gasteiger partial charge in [-0.1, -0.05) is 18.2 Å². The number of aromatic amines is 1. The molecule has 0 radical (unpaired) electrons. The molecule has 4 heteroatoms. The predicted molar refractivity (Wildman–Crippen MR) is 84.7 cm³/mol. The zero-order valence-electron chi connectivity index (χ0n) is 11.0. The number of anilines is 1. The van der Waals surface area contributed by atoms with Crippen molar-refractivity contribution in [1.29, 1.82) is 0 Å². The summed E-state index contributed by atoms with van der Waals surface area (Å²) >= 11 is 4.31. The van der Waals surface area contributed by atoms with Gasteiger partial charge < -0.3 is 10.3 Å². The van der Waals surface area contributed by atoms with Crippen molar-refractivity contribution in [1.82, 2.24) is 4.98 Å². The second-order valence-electron chi connectivity index (χ2n) is 4.69. The van der Waals surface area contributed by atoms with E-state index in [1.165, 1.54) is 0 Å². The molecule has 2 aromatic carbocycles. The first-order valence-corrected chi connectivity index (χ1v) is 6.77. The van der Waals surface area contributed by atoms with Crippen molar-refractivity contribution in [2.75, 3.05) is 5.32 Å². The lowest BCUT2D eigenvalue weighted by atomic mass is 10.1. The minimum absolute atomic E-state index is 0.151. The lowest BCUT2D eigenvalue weighted by Gasteiger charge is -2.08. The van der Waals surface area contributed by atoms with Gasteiger partial charge in [-0.3, -0.25) is 4.79 Å². The van der Waals surface area contributed by atoms with E-state index in [9.17, 15) is 4.79 Å². The first kappa shape index (κ1) is 12.8. The smallest absolute Gasteiger partial charge is 0.256 e. The van der Waals surface area contributed by atoms with Gasteiger partial charge in [-0.2, -0.15) is 0 Å². The number of carbonyl (C=O) groups excluding carboxylic acids is 1. The third kappa shape index (κ3) is 2.30. The number of aromatic nitrogens is 1. The molecule has 0 aliphatic heterocycles. The molecule has 0 aliphatic carbocycles. The molecule has 0 bridgehead atoms. The van der Waals surface area contributed by atoms with Gasteiger partial charge in [-0.25, -0.2) is 0 Å². The average molecular weight is 282 g/mol. The van der Waals surface area contributed by atoms with E-state index < -0.39 is 0 Å². The molecular weight excluding hydrogens is 268 g/mol. The summed E-state index contributed by atoms with van der Waals surface area (Å²) in [6.45, 7) is 1.99. The van der Waals surface area contributed by atoms with Crippen molar-refractivity contribution in [3.05, 3.63) is 59.8 Å². The summed E-state index contributed by atoms with van der Waals surface area (Å²) in [6, 6.07) is 15.1. The molecule has 3 aromatic rings. The molecule has 0 atom stereocenters. The fraction of sp³-hybridized carbons (Fsp3) is 0.0625. The number of fused-ring (bicyclic) bond motifs is 1. The highest BCUT2D eigenvalue weighted by atomic mass is 32.1. The molecule has 3 nitrogen and oxygen atoms in total. The van der Waals surface area contributed by atoms with Gasteiger partial charge in [-0.05, 0) is 37.3 Å². The summed E-state index contributed by atoms with van der Waals surface area (Å²) in [5.74, 6) is -0.151. The molecule has 2 N–H and O–H groups in total. The van der Waals surface area contributed by atoms with Gasteiger partial charge >= 0.3 is 0 Å². The fourth-order valence-corrected chi connectivity index (χ4v) is 2.52. The van der Waals surface area contributed by atoms with E-state index in [1.54, 1.807) is 12.1 Å². The Bertz CT molecular complexity index is 792. The number of thiol groups is 1. The maximum Gasteiger partial charge on any atom is 0.256 e. The minimum Gasteiger partial charge on any atom is -0.359 e. The van der Waals surface area contributed by atoms with Crippen LogP contribution in [0.15, 0.2) is 53.4 Å². The van der Waals surface area contributed by atoms with Crippen LogP contribution in [0.3, 0.4) is 0 Å². The SMILES string of the molecule is Cc1cc2c(NC(=O)c3ccccc3S)cccc2[nH]1. The summed E-state index contributed by atoms with van der Waals surface area (Å²) in [6.07, 6.45) is 0. The summed E-state index contributed by atoms with van der Waals surface area (Å²) in [5, 5.41) is 3.96. The third-order valence-electron chi connectivity index (χ3n) is 3.20. The Morgan fingerprint density at radius 2 is 1.95 bits per heavy atom. The number of nitrogens with one attached hydrogen (secondary N) is 2. The van der Waals surface area contributed by atoms with Crippen LogP contribution in [0, 0.1) is 6.92 Å². The predicted octanol–water partition coefficient (Wildman–Crippen LogP) is 4.02. The average Bonchev–Trinajstić information content (AvgIpc) is 2.80. The van der Waals surface area contributed by atoms with Crippen LogP contribution < -0.4 is 5.32 Å². The third-order valence-corrected chi connectivity index (χ3v) is 3.59. The van der Waals surface area contributed by atoms with E-state index in [0.717, 1.165) is 22.3 Å². The zero-order chi connectivity index (χ0) is 14.1. The quantitative estimate of drug-likeness (QED) is 0.611. The number of amides is 1. The van der Waals surface area contributed by atoms with Crippen LogP contribution in [0.25, 0.3) is 10.9 Å². The second kappa shape index (κ2) is 5.06. The van der Waals surface area contributed by atoms with E-state index in [-0.39, 0.29) is 5.91 Å². The van der Waals surface area contributed by atoms with Crippen LogP contribution in [0.4, 0.5) is 5.69 Å². The molecule has 1 heterocycles. The van der Waals surface area contributed by atoms with Gasteiger partial charge in [0, 0.05) is 21.5 Å². The highest BCUT2D eigenvalue weighted by Gasteiger charge is 2.11. The molecule has 0 aliphatic rings. The number of benzene rings is 2. The maximum atomic E-state index is 12.3. The van der Waals surface area contributed by atoms with E-state index in [1.807, 2.05) is 43.3 Å². The molecule has 3 rings (SSSR count). The van der Waals surface area contributed by atoms with Gasteiger partial charge in [0.15, 0.2) is 0 Å². The van der Waals surface area contributed by atoms with Crippen LogP contribution in [-0.4, -0.2) is 10.9 Å². The zero-order valence-corrected chi connectivity index (χ0v) is 11.9. The largest absolute Gasteiger partial charge is 0.359 e. The Morgan fingerprint density at radius 1 is 1.15 bits per heavy atom. The van der Waals surface area contributed by atoms with Crippen LogP contribution in [-0.2, 0) is 0 Å². The number of aryl methyl sites for hydroxylation is 1. The standard InChI is InChI=1S/C16H14N2OS/c1-10-9-12-13(17-10)6-4-7-14(12)18-16(19)11-5-2-3-8-15(11)20/h2-9,17,20H,1H3,(H,18,19). The number of hydrogen-bond donors (Lipinski definition) is 3.